The third-order valence-electron chi connectivity index (χ3n) is 1.39. The lowest BCUT2D eigenvalue weighted by Crippen LogP contribution is -2.15. The van der Waals surface area contributed by atoms with Gasteiger partial charge in [0.1, 0.15) is 0 Å². The van der Waals surface area contributed by atoms with Gasteiger partial charge in [-0.15, -0.1) is 0 Å². The van der Waals surface area contributed by atoms with Crippen LogP contribution in [0.3, 0.4) is 0 Å². The first-order valence-electron chi connectivity index (χ1n) is 2.78. The lowest BCUT2D eigenvalue weighted by atomic mass is 9.99. The Balaban J connectivity index is 0. The molecule has 0 bridgehead atoms. The molecule has 0 aliphatic rings. The van der Waals surface area contributed by atoms with Gasteiger partial charge in [0.25, 0.3) is 0 Å². The summed E-state index contributed by atoms with van der Waals surface area (Å²) in [5.41, 5.74) is 0. The van der Waals surface area contributed by atoms with Crippen LogP contribution in [0.2, 0.25) is 0 Å². The van der Waals surface area contributed by atoms with Gasteiger partial charge < -0.3 is 5.11 Å². The topological polar surface area (TPSA) is 37.3 Å². The summed E-state index contributed by atoms with van der Waals surface area (Å²) in [6, 6.07) is 0. The molecule has 0 aromatic carbocycles. The number of carbonyl (C=O) groups is 1. The fourth-order valence-corrected chi connectivity index (χ4v) is 0.285. The molecular weight excluding hydrogens is 136 g/mol. The molecular formula is C6H14O2S. The van der Waals surface area contributed by atoms with Crippen LogP contribution in [0.1, 0.15) is 20.8 Å². The summed E-state index contributed by atoms with van der Waals surface area (Å²) in [7, 11) is 0. The zero-order valence-electron chi connectivity index (χ0n) is 6.01. The minimum absolute atomic E-state index is 0. The van der Waals surface area contributed by atoms with E-state index in [1.54, 1.807) is 6.92 Å². The first-order valence-corrected chi connectivity index (χ1v) is 2.78. The maximum absolute atomic E-state index is 10.1. The van der Waals surface area contributed by atoms with Gasteiger partial charge in [-0.1, -0.05) is 20.8 Å². The van der Waals surface area contributed by atoms with Crippen LogP contribution in [-0.4, -0.2) is 11.1 Å². The summed E-state index contributed by atoms with van der Waals surface area (Å²) >= 11 is 0. The highest BCUT2D eigenvalue weighted by molar-refractivity contribution is 7.59. The van der Waals surface area contributed by atoms with E-state index >= 15 is 0 Å². The van der Waals surface area contributed by atoms with E-state index in [1.165, 1.54) is 0 Å². The van der Waals surface area contributed by atoms with Gasteiger partial charge in [0, 0.05) is 0 Å². The lowest BCUT2D eigenvalue weighted by molar-refractivity contribution is -0.142. The van der Waals surface area contributed by atoms with Crippen LogP contribution in [0.25, 0.3) is 0 Å². The second-order valence-corrected chi connectivity index (χ2v) is 2.37. The fourth-order valence-electron chi connectivity index (χ4n) is 0.285. The van der Waals surface area contributed by atoms with Crippen LogP contribution < -0.4 is 0 Å². The molecule has 0 aliphatic heterocycles. The van der Waals surface area contributed by atoms with Crippen LogP contribution >= 0.6 is 13.5 Å². The molecule has 0 unspecified atom stereocenters. The van der Waals surface area contributed by atoms with Crippen LogP contribution in [0, 0.1) is 11.8 Å². The van der Waals surface area contributed by atoms with Gasteiger partial charge in [-0.05, 0) is 5.92 Å². The van der Waals surface area contributed by atoms with Crippen molar-refractivity contribution in [3.8, 4) is 0 Å². The quantitative estimate of drug-likeness (QED) is 0.647. The van der Waals surface area contributed by atoms with Crippen molar-refractivity contribution in [3.05, 3.63) is 0 Å². The molecule has 0 radical (unpaired) electrons. The Bertz CT molecular complexity index is 91.1. The Labute approximate surface area is 62.7 Å². The van der Waals surface area contributed by atoms with Gasteiger partial charge in [-0.2, -0.15) is 13.5 Å². The van der Waals surface area contributed by atoms with Crippen molar-refractivity contribution >= 4 is 19.5 Å². The van der Waals surface area contributed by atoms with E-state index in [9.17, 15) is 4.79 Å². The molecule has 0 rings (SSSR count). The molecule has 56 valence electrons. The van der Waals surface area contributed by atoms with Gasteiger partial charge in [0.2, 0.25) is 0 Å². The molecule has 0 aromatic heterocycles. The van der Waals surface area contributed by atoms with E-state index in [2.05, 4.69) is 0 Å². The smallest absolute Gasteiger partial charge is 0.306 e. The Morgan fingerprint density at radius 3 is 1.67 bits per heavy atom. The molecule has 0 saturated carbocycles. The van der Waals surface area contributed by atoms with Crippen molar-refractivity contribution in [1.29, 1.82) is 0 Å². The molecule has 0 aliphatic carbocycles. The van der Waals surface area contributed by atoms with E-state index in [0.29, 0.717) is 0 Å². The summed E-state index contributed by atoms with van der Waals surface area (Å²) in [5.74, 6) is -0.678. The third-order valence-corrected chi connectivity index (χ3v) is 1.39. The normalized spacial score (nSPS) is 12.4. The molecule has 1 atom stereocenters. The Morgan fingerprint density at radius 1 is 1.33 bits per heavy atom. The SMILES string of the molecule is CC(C)[C@H](C)C(=O)O.S. The molecule has 9 heavy (non-hydrogen) atoms. The number of carboxylic acid groups (broad SMARTS) is 1. The van der Waals surface area contributed by atoms with Crippen molar-refractivity contribution in [2.45, 2.75) is 20.8 Å². The molecule has 0 amide bonds. The van der Waals surface area contributed by atoms with Crippen LogP contribution in [0.15, 0.2) is 0 Å². The van der Waals surface area contributed by atoms with E-state index in [0.717, 1.165) is 0 Å². The van der Waals surface area contributed by atoms with Gasteiger partial charge in [-0.25, -0.2) is 0 Å². The fraction of sp³-hybridized carbons (Fsp3) is 0.833. The lowest BCUT2D eigenvalue weighted by Gasteiger charge is -2.07. The molecule has 2 nitrogen and oxygen atoms in total. The van der Waals surface area contributed by atoms with Crippen LogP contribution in [0.5, 0.6) is 0 Å². The molecule has 0 fully saturated rings. The maximum Gasteiger partial charge on any atom is 0.306 e. The number of hydrogen-bond acceptors (Lipinski definition) is 1. The van der Waals surface area contributed by atoms with Crippen molar-refractivity contribution in [1.82, 2.24) is 0 Å². The predicted octanol–water partition coefficient (Wildman–Crippen LogP) is 1.48. The first-order chi connectivity index (χ1) is 3.55. The number of rotatable bonds is 2. The first kappa shape index (κ1) is 11.6. The highest BCUT2D eigenvalue weighted by Gasteiger charge is 2.13. The van der Waals surface area contributed by atoms with Crippen LogP contribution in [-0.2, 0) is 4.79 Å². The minimum Gasteiger partial charge on any atom is -0.481 e. The summed E-state index contributed by atoms with van der Waals surface area (Å²) < 4.78 is 0. The maximum atomic E-state index is 10.1. The van der Waals surface area contributed by atoms with Crippen molar-refractivity contribution in [2.24, 2.45) is 11.8 Å². The van der Waals surface area contributed by atoms with Crippen molar-refractivity contribution in [2.75, 3.05) is 0 Å². The van der Waals surface area contributed by atoms with Gasteiger partial charge in [0.05, 0.1) is 5.92 Å². The monoisotopic (exact) mass is 150 g/mol. The van der Waals surface area contributed by atoms with Gasteiger partial charge in [0.15, 0.2) is 0 Å². The van der Waals surface area contributed by atoms with E-state index in [4.69, 9.17) is 5.11 Å². The van der Waals surface area contributed by atoms with E-state index in [-0.39, 0.29) is 25.3 Å². The third kappa shape index (κ3) is 4.33. The summed E-state index contributed by atoms with van der Waals surface area (Å²) in [6.07, 6.45) is 0. The Hall–Kier alpha value is -0.180. The average Bonchev–Trinajstić information content (AvgIpc) is 1.64. The zero-order chi connectivity index (χ0) is 6.73. The zero-order valence-corrected chi connectivity index (χ0v) is 7.01. The standard InChI is InChI=1S/C6H12O2.H2S/c1-4(2)5(3)6(7)8;/h4-5H,1-3H3,(H,7,8);1H2/t5-;/m0./s1. The van der Waals surface area contributed by atoms with Gasteiger partial charge >= 0.3 is 5.97 Å². The molecule has 0 aromatic rings. The van der Waals surface area contributed by atoms with E-state index < -0.39 is 5.97 Å². The van der Waals surface area contributed by atoms with Crippen molar-refractivity contribution < 1.29 is 9.90 Å². The molecule has 3 heteroatoms. The molecule has 0 heterocycles. The summed E-state index contributed by atoms with van der Waals surface area (Å²) in [5, 5.41) is 8.35. The average molecular weight is 150 g/mol. The second-order valence-electron chi connectivity index (χ2n) is 2.37. The predicted molar refractivity (Wildman–Crippen MR) is 42.0 cm³/mol. The number of carboxylic acids is 1. The van der Waals surface area contributed by atoms with Crippen molar-refractivity contribution in [3.63, 3.8) is 0 Å². The van der Waals surface area contributed by atoms with Crippen LogP contribution in [0.4, 0.5) is 0 Å². The second kappa shape index (κ2) is 4.68. The van der Waals surface area contributed by atoms with Gasteiger partial charge in [-0.3, -0.25) is 4.79 Å². The molecule has 1 N–H and O–H groups in total. The Kier molecular flexibility index (Phi) is 6.02. The molecule has 0 spiro atoms. The number of hydrogen-bond donors (Lipinski definition) is 1. The van der Waals surface area contributed by atoms with E-state index in [1.807, 2.05) is 13.8 Å². The summed E-state index contributed by atoms with van der Waals surface area (Å²) in [6.45, 7) is 5.52. The highest BCUT2D eigenvalue weighted by Crippen LogP contribution is 2.08. The number of aliphatic carboxylic acids is 1. The Morgan fingerprint density at radius 2 is 1.67 bits per heavy atom. The highest BCUT2D eigenvalue weighted by atomic mass is 32.1. The summed E-state index contributed by atoms with van der Waals surface area (Å²) in [4.78, 5) is 10.1. The largest absolute Gasteiger partial charge is 0.481 e. The molecule has 0 saturated heterocycles. The minimum atomic E-state index is -0.708.